The van der Waals surface area contributed by atoms with Gasteiger partial charge in [-0.25, -0.2) is 0 Å². The number of likely N-dealkylation sites (tertiary alicyclic amines) is 1. The van der Waals surface area contributed by atoms with Crippen LogP contribution in [0.3, 0.4) is 0 Å². The Balaban J connectivity index is 2.01. The zero-order valence-corrected chi connectivity index (χ0v) is 7.96. The topological polar surface area (TPSA) is 52.6 Å². The first-order chi connectivity index (χ1) is 6.33. The van der Waals surface area contributed by atoms with E-state index in [1.165, 1.54) is 19.3 Å². The van der Waals surface area contributed by atoms with Gasteiger partial charge in [0.15, 0.2) is 0 Å². The number of amides is 1. The first-order valence-corrected chi connectivity index (χ1v) is 4.93. The molecule has 2 N–H and O–H groups in total. The lowest BCUT2D eigenvalue weighted by atomic mass is 10.1. The van der Waals surface area contributed by atoms with Crippen LogP contribution in [0, 0.1) is 0 Å². The maximum absolute atomic E-state index is 10.7. The molecule has 4 heteroatoms. The smallest absolute Gasteiger partial charge is 0.245 e. The number of nitrogens with zero attached hydrogens (tertiary/aromatic N) is 1. The molecule has 0 aliphatic carbocycles. The molecule has 13 heavy (non-hydrogen) atoms. The van der Waals surface area contributed by atoms with Gasteiger partial charge in [-0.3, -0.25) is 4.79 Å². The Labute approximate surface area is 78.9 Å². The van der Waals surface area contributed by atoms with Crippen molar-refractivity contribution >= 4 is 5.91 Å². The Morgan fingerprint density at radius 3 is 2.62 bits per heavy atom. The quantitative estimate of drug-likeness (QED) is 0.627. The summed E-state index contributed by atoms with van der Waals surface area (Å²) >= 11 is 0. The van der Waals surface area contributed by atoms with E-state index in [1.807, 2.05) is 0 Å². The summed E-state index contributed by atoms with van der Waals surface area (Å²) in [5.41, 5.74) is 0. The lowest BCUT2D eigenvalue weighted by Gasteiger charge is -2.26. The molecule has 1 rings (SSSR count). The zero-order valence-electron chi connectivity index (χ0n) is 7.96. The van der Waals surface area contributed by atoms with E-state index in [0.717, 1.165) is 19.6 Å². The van der Waals surface area contributed by atoms with Crippen LogP contribution in [0.1, 0.15) is 19.3 Å². The number of nitrogens with one attached hydrogen (secondary N) is 1. The van der Waals surface area contributed by atoms with Gasteiger partial charge in [0.25, 0.3) is 0 Å². The van der Waals surface area contributed by atoms with Crippen LogP contribution in [0.2, 0.25) is 0 Å². The number of aliphatic hydroxyl groups is 1. The molecule has 0 bridgehead atoms. The second-order valence-electron chi connectivity index (χ2n) is 3.41. The predicted molar refractivity (Wildman–Crippen MR) is 50.4 cm³/mol. The minimum atomic E-state index is -0.403. The van der Waals surface area contributed by atoms with Crippen LogP contribution < -0.4 is 5.32 Å². The number of rotatable bonds is 4. The van der Waals surface area contributed by atoms with Crippen molar-refractivity contribution in [2.45, 2.75) is 19.3 Å². The van der Waals surface area contributed by atoms with Gasteiger partial charge in [-0.15, -0.1) is 0 Å². The highest BCUT2D eigenvalue weighted by atomic mass is 16.3. The van der Waals surface area contributed by atoms with E-state index in [9.17, 15) is 4.79 Å². The Hall–Kier alpha value is -0.610. The molecule has 1 aliphatic rings. The molecule has 1 aliphatic heterocycles. The predicted octanol–water partition coefficient (Wildman–Crippen LogP) is -0.419. The molecule has 0 aromatic heterocycles. The van der Waals surface area contributed by atoms with Crippen LogP contribution in [-0.2, 0) is 4.79 Å². The van der Waals surface area contributed by atoms with Crippen LogP contribution in [0.15, 0.2) is 0 Å². The van der Waals surface area contributed by atoms with E-state index in [1.54, 1.807) is 0 Å². The lowest BCUT2D eigenvalue weighted by Crippen LogP contribution is -2.38. The maximum Gasteiger partial charge on any atom is 0.245 e. The van der Waals surface area contributed by atoms with Gasteiger partial charge in [0.1, 0.15) is 6.61 Å². The fraction of sp³-hybridized carbons (Fsp3) is 0.889. The molecule has 0 atom stereocenters. The Bertz CT molecular complexity index is 156. The van der Waals surface area contributed by atoms with Crippen molar-refractivity contribution in [3.63, 3.8) is 0 Å². The fourth-order valence-electron chi connectivity index (χ4n) is 1.59. The van der Waals surface area contributed by atoms with E-state index in [0.29, 0.717) is 6.54 Å². The highest BCUT2D eigenvalue weighted by molar-refractivity contribution is 5.76. The molecule has 0 aromatic carbocycles. The largest absolute Gasteiger partial charge is 0.387 e. The van der Waals surface area contributed by atoms with Crippen molar-refractivity contribution in [2.75, 3.05) is 32.8 Å². The van der Waals surface area contributed by atoms with Crippen LogP contribution in [0.4, 0.5) is 0 Å². The van der Waals surface area contributed by atoms with Gasteiger partial charge in [-0.05, 0) is 25.9 Å². The molecular weight excluding hydrogens is 168 g/mol. The van der Waals surface area contributed by atoms with E-state index in [4.69, 9.17) is 5.11 Å². The van der Waals surface area contributed by atoms with Crippen LogP contribution in [0.25, 0.3) is 0 Å². The molecule has 1 fully saturated rings. The van der Waals surface area contributed by atoms with Gasteiger partial charge in [0, 0.05) is 13.1 Å². The van der Waals surface area contributed by atoms with E-state index < -0.39 is 6.61 Å². The number of carbonyl (C=O) groups is 1. The number of carbonyl (C=O) groups excluding carboxylic acids is 1. The highest BCUT2D eigenvalue weighted by Gasteiger charge is 2.09. The summed E-state index contributed by atoms with van der Waals surface area (Å²) in [5, 5.41) is 11.1. The summed E-state index contributed by atoms with van der Waals surface area (Å²) in [6, 6.07) is 0. The van der Waals surface area contributed by atoms with Gasteiger partial charge in [0.2, 0.25) is 5.91 Å². The van der Waals surface area contributed by atoms with E-state index in [2.05, 4.69) is 10.2 Å². The molecule has 76 valence electrons. The average molecular weight is 186 g/mol. The van der Waals surface area contributed by atoms with Crippen molar-refractivity contribution in [2.24, 2.45) is 0 Å². The second-order valence-corrected chi connectivity index (χ2v) is 3.41. The van der Waals surface area contributed by atoms with Crippen molar-refractivity contribution < 1.29 is 9.90 Å². The normalized spacial score (nSPS) is 18.5. The summed E-state index contributed by atoms with van der Waals surface area (Å²) in [7, 11) is 0. The molecule has 1 saturated heterocycles. The SMILES string of the molecule is O=C(CO)NCCN1CCCCC1. The molecule has 0 saturated carbocycles. The van der Waals surface area contributed by atoms with Crippen LogP contribution >= 0.6 is 0 Å². The molecule has 0 aromatic rings. The lowest BCUT2D eigenvalue weighted by molar-refractivity contribution is -0.123. The summed E-state index contributed by atoms with van der Waals surface area (Å²) in [5.74, 6) is -0.281. The Morgan fingerprint density at radius 2 is 2.00 bits per heavy atom. The van der Waals surface area contributed by atoms with Crippen LogP contribution in [0.5, 0.6) is 0 Å². The van der Waals surface area contributed by atoms with Gasteiger partial charge in [-0.1, -0.05) is 6.42 Å². The van der Waals surface area contributed by atoms with Crippen LogP contribution in [-0.4, -0.2) is 48.7 Å². The molecule has 1 amide bonds. The van der Waals surface area contributed by atoms with Gasteiger partial charge < -0.3 is 15.3 Å². The first-order valence-electron chi connectivity index (χ1n) is 4.93. The fourth-order valence-corrected chi connectivity index (χ4v) is 1.59. The number of aliphatic hydroxyl groups excluding tert-OH is 1. The number of hydrogen-bond donors (Lipinski definition) is 2. The molecule has 0 spiro atoms. The summed E-state index contributed by atoms with van der Waals surface area (Å²) < 4.78 is 0. The summed E-state index contributed by atoms with van der Waals surface area (Å²) in [6.07, 6.45) is 3.88. The van der Waals surface area contributed by atoms with Crippen molar-refractivity contribution in [1.29, 1.82) is 0 Å². The highest BCUT2D eigenvalue weighted by Crippen LogP contribution is 2.06. The monoisotopic (exact) mass is 186 g/mol. The first kappa shape index (κ1) is 10.5. The minimum Gasteiger partial charge on any atom is -0.387 e. The molecule has 4 nitrogen and oxygen atoms in total. The third-order valence-electron chi connectivity index (χ3n) is 2.34. The molecular formula is C9H18N2O2. The Kier molecular flexibility index (Phi) is 4.78. The van der Waals surface area contributed by atoms with Crippen molar-refractivity contribution in [1.82, 2.24) is 10.2 Å². The summed E-state index contributed by atoms with van der Waals surface area (Å²) in [4.78, 5) is 13.0. The third-order valence-corrected chi connectivity index (χ3v) is 2.34. The Morgan fingerprint density at radius 1 is 1.31 bits per heavy atom. The molecule has 1 heterocycles. The summed E-state index contributed by atoms with van der Waals surface area (Å²) in [6.45, 7) is 3.45. The van der Waals surface area contributed by atoms with Crippen molar-refractivity contribution in [3.05, 3.63) is 0 Å². The van der Waals surface area contributed by atoms with Gasteiger partial charge in [0.05, 0.1) is 0 Å². The second kappa shape index (κ2) is 5.94. The van der Waals surface area contributed by atoms with Gasteiger partial charge in [-0.2, -0.15) is 0 Å². The molecule has 0 unspecified atom stereocenters. The number of piperidine rings is 1. The van der Waals surface area contributed by atoms with E-state index >= 15 is 0 Å². The van der Waals surface area contributed by atoms with Crippen molar-refractivity contribution in [3.8, 4) is 0 Å². The van der Waals surface area contributed by atoms with E-state index in [-0.39, 0.29) is 5.91 Å². The molecule has 0 radical (unpaired) electrons. The average Bonchev–Trinajstić information content (AvgIpc) is 2.19. The maximum atomic E-state index is 10.7. The standard InChI is InChI=1S/C9H18N2O2/c12-8-9(13)10-4-7-11-5-2-1-3-6-11/h12H,1-8H2,(H,10,13). The third kappa shape index (κ3) is 4.24. The number of hydrogen-bond acceptors (Lipinski definition) is 3. The van der Waals surface area contributed by atoms with Gasteiger partial charge >= 0.3 is 0 Å². The minimum absolute atomic E-state index is 0.281. The zero-order chi connectivity index (χ0) is 9.52.